The van der Waals surface area contributed by atoms with Crippen molar-refractivity contribution in [3.8, 4) is 11.4 Å². The normalized spacial score (nSPS) is 12.5. The molecule has 0 saturated carbocycles. The van der Waals surface area contributed by atoms with Crippen LogP contribution in [0.2, 0.25) is 0 Å². The minimum atomic E-state index is 0.431. The summed E-state index contributed by atoms with van der Waals surface area (Å²) in [6.45, 7) is 4.88. The summed E-state index contributed by atoms with van der Waals surface area (Å²) in [6, 6.07) is 3.76. The summed E-state index contributed by atoms with van der Waals surface area (Å²) in [5, 5.41) is 15.6. The van der Waals surface area contributed by atoms with E-state index >= 15 is 0 Å². The summed E-state index contributed by atoms with van der Waals surface area (Å²) in [6.07, 6.45) is 7.70. The van der Waals surface area contributed by atoms with Crippen molar-refractivity contribution in [3.63, 3.8) is 0 Å². The molecule has 0 saturated heterocycles. The maximum atomic E-state index is 4.48. The van der Waals surface area contributed by atoms with Gasteiger partial charge >= 0.3 is 0 Å². The lowest BCUT2D eigenvalue weighted by molar-refractivity contribution is 0.623. The molecule has 1 atom stereocenters. The van der Waals surface area contributed by atoms with Gasteiger partial charge in [0, 0.05) is 30.1 Å². The Hall–Kier alpha value is -2.57. The maximum absolute atomic E-state index is 4.48. The van der Waals surface area contributed by atoms with E-state index in [-0.39, 0.29) is 0 Å². The van der Waals surface area contributed by atoms with Crippen LogP contribution in [0.5, 0.6) is 0 Å². The molecule has 22 heavy (non-hydrogen) atoms. The van der Waals surface area contributed by atoms with Crippen molar-refractivity contribution < 1.29 is 0 Å². The number of nitrogens with zero attached hydrogens (tertiary/aromatic N) is 6. The highest BCUT2D eigenvalue weighted by Gasteiger charge is 2.11. The molecule has 3 aromatic rings. The van der Waals surface area contributed by atoms with Crippen molar-refractivity contribution >= 4 is 0 Å². The first-order valence-electron chi connectivity index (χ1n) is 7.48. The molecule has 0 aromatic carbocycles. The summed E-state index contributed by atoms with van der Waals surface area (Å²) in [4.78, 5) is 8.47. The van der Waals surface area contributed by atoms with Crippen molar-refractivity contribution in [2.24, 2.45) is 0 Å². The van der Waals surface area contributed by atoms with Gasteiger partial charge in [-0.1, -0.05) is 25.5 Å². The van der Waals surface area contributed by atoms with Crippen molar-refractivity contribution in [2.45, 2.75) is 39.2 Å². The van der Waals surface area contributed by atoms with Crippen molar-refractivity contribution in [1.29, 1.82) is 0 Å². The molecule has 0 aliphatic rings. The molecule has 0 aliphatic heterocycles. The van der Waals surface area contributed by atoms with Gasteiger partial charge in [0.2, 0.25) is 0 Å². The number of pyridine rings is 1. The highest BCUT2D eigenvalue weighted by Crippen LogP contribution is 2.18. The van der Waals surface area contributed by atoms with Crippen LogP contribution in [0.1, 0.15) is 44.1 Å². The minimum Gasteiger partial charge on any atom is -0.265 e. The molecular formula is C15H19N7. The zero-order valence-electron chi connectivity index (χ0n) is 12.8. The van der Waals surface area contributed by atoms with E-state index in [9.17, 15) is 0 Å². The van der Waals surface area contributed by atoms with E-state index in [1.165, 1.54) is 0 Å². The zero-order valence-corrected chi connectivity index (χ0v) is 12.8. The third-order valence-electron chi connectivity index (χ3n) is 3.56. The van der Waals surface area contributed by atoms with Gasteiger partial charge in [0.25, 0.3) is 0 Å². The highest BCUT2D eigenvalue weighted by molar-refractivity contribution is 5.52. The number of aromatic amines is 1. The lowest BCUT2D eigenvalue weighted by Crippen LogP contribution is -2.02. The molecule has 7 heteroatoms. The molecule has 7 nitrogen and oxygen atoms in total. The van der Waals surface area contributed by atoms with Crippen LogP contribution in [0.3, 0.4) is 0 Å². The summed E-state index contributed by atoms with van der Waals surface area (Å²) >= 11 is 0. The molecular weight excluding hydrogens is 278 g/mol. The molecule has 1 unspecified atom stereocenters. The van der Waals surface area contributed by atoms with Crippen LogP contribution >= 0.6 is 0 Å². The zero-order chi connectivity index (χ0) is 15.4. The van der Waals surface area contributed by atoms with Gasteiger partial charge in [0.05, 0.1) is 5.69 Å². The Morgan fingerprint density at radius 2 is 2.09 bits per heavy atom. The standard InChI is InChI=1S/C15H19N7/c1-3-4-11(2)13-9-22(21-18-13)10-14-17-15(20-19-14)12-5-7-16-8-6-12/h5-9,11H,3-4,10H2,1-2H3,(H,17,19,20). The Bertz CT molecular complexity index is 716. The fraction of sp³-hybridized carbons (Fsp3) is 0.400. The van der Waals surface area contributed by atoms with Gasteiger partial charge in [-0.25, -0.2) is 9.67 Å². The second kappa shape index (κ2) is 6.46. The molecule has 114 valence electrons. The van der Waals surface area contributed by atoms with Gasteiger partial charge in [-0.15, -0.1) is 5.10 Å². The third-order valence-corrected chi connectivity index (χ3v) is 3.56. The van der Waals surface area contributed by atoms with Crippen LogP contribution in [0.15, 0.2) is 30.7 Å². The van der Waals surface area contributed by atoms with Gasteiger partial charge in [-0.05, 0) is 18.6 Å². The average molecular weight is 297 g/mol. The molecule has 0 radical (unpaired) electrons. The molecule has 0 spiro atoms. The highest BCUT2D eigenvalue weighted by atomic mass is 15.4. The van der Waals surface area contributed by atoms with Crippen molar-refractivity contribution in [2.75, 3.05) is 0 Å². The van der Waals surface area contributed by atoms with E-state index < -0.39 is 0 Å². The Morgan fingerprint density at radius 1 is 1.27 bits per heavy atom. The first-order valence-corrected chi connectivity index (χ1v) is 7.48. The number of hydrogen-bond acceptors (Lipinski definition) is 5. The molecule has 0 fully saturated rings. The number of aromatic nitrogens is 7. The largest absolute Gasteiger partial charge is 0.265 e. The molecule has 1 N–H and O–H groups in total. The number of rotatable bonds is 6. The second-order valence-electron chi connectivity index (χ2n) is 5.37. The maximum Gasteiger partial charge on any atom is 0.181 e. The van der Waals surface area contributed by atoms with Crippen LogP contribution < -0.4 is 0 Å². The Labute approximate surface area is 128 Å². The van der Waals surface area contributed by atoms with Gasteiger partial charge in [-0.3, -0.25) is 10.1 Å². The minimum absolute atomic E-state index is 0.431. The predicted octanol–water partition coefficient (Wildman–Crippen LogP) is 2.41. The lowest BCUT2D eigenvalue weighted by atomic mass is 10.0. The Morgan fingerprint density at radius 3 is 2.86 bits per heavy atom. The fourth-order valence-electron chi connectivity index (χ4n) is 2.35. The SMILES string of the molecule is CCCC(C)c1cn(Cc2nc(-c3ccncc3)n[nH]2)nn1. The van der Waals surface area contributed by atoms with Crippen molar-refractivity contribution in [3.05, 3.63) is 42.2 Å². The monoisotopic (exact) mass is 297 g/mol. The average Bonchev–Trinajstić information content (AvgIpc) is 3.18. The van der Waals surface area contributed by atoms with E-state index in [0.717, 1.165) is 29.9 Å². The Kier molecular flexibility index (Phi) is 4.22. The number of H-pyrrole nitrogens is 1. The van der Waals surface area contributed by atoms with E-state index in [4.69, 9.17) is 0 Å². The second-order valence-corrected chi connectivity index (χ2v) is 5.37. The number of hydrogen-bond donors (Lipinski definition) is 1. The molecule has 3 aromatic heterocycles. The van der Waals surface area contributed by atoms with Crippen molar-refractivity contribution in [1.82, 2.24) is 35.2 Å². The lowest BCUT2D eigenvalue weighted by Gasteiger charge is -2.03. The van der Waals surface area contributed by atoms with Gasteiger partial charge < -0.3 is 0 Å². The van der Waals surface area contributed by atoms with E-state index in [0.29, 0.717) is 18.3 Å². The molecule has 3 rings (SSSR count). The summed E-state index contributed by atoms with van der Waals surface area (Å²) in [5.74, 6) is 1.85. The topological polar surface area (TPSA) is 85.2 Å². The van der Waals surface area contributed by atoms with Crippen LogP contribution in [-0.4, -0.2) is 35.2 Å². The third kappa shape index (κ3) is 3.19. The predicted molar refractivity (Wildman–Crippen MR) is 82.1 cm³/mol. The molecule has 0 aliphatic carbocycles. The van der Waals surface area contributed by atoms with Crippen LogP contribution in [-0.2, 0) is 6.54 Å². The van der Waals surface area contributed by atoms with E-state index in [1.54, 1.807) is 17.1 Å². The fourth-order valence-corrected chi connectivity index (χ4v) is 2.35. The first-order chi connectivity index (χ1) is 10.8. The Balaban J connectivity index is 1.70. The first kappa shape index (κ1) is 14.4. The van der Waals surface area contributed by atoms with Gasteiger partial charge in [0.15, 0.2) is 5.82 Å². The van der Waals surface area contributed by atoms with Crippen LogP contribution in [0.25, 0.3) is 11.4 Å². The quantitative estimate of drug-likeness (QED) is 0.755. The molecule has 0 bridgehead atoms. The number of nitrogens with one attached hydrogen (secondary N) is 1. The van der Waals surface area contributed by atoms with Crippen LogP contribution in [0, 0.1) is 0 Å². The van der Waals surface area contributed by atoms with E-state index in [2.05, 4.69) is 44.3 Å². The summed E-state index contributed by atoms with van der Waals surface area (Å²) in [5.41, 5.74) is 1.96. The summed E-state index contributed by atoms with van der Waals surface area (Å²) in [7, 11) is 0. The van der Waals surface area contributed by atoms with Gasteiger partial charge in [-0.2, -0.15) is 5.10 Å². The molecule has 0 amide bonds. The van der Waals surface area contributed by atoms with Gasteiger partial charge in [0.1, 0.15) is 12.4 Å². The van der Waals surface area contributed by atoms with E-state index in [1.807, 2.05) is 18.3 Å². The smallest absolute Gasteiger partial charge is 0.181 e. The summed E-state index contributed by atoms with van der Waals surface area (Å²) < 4.78 is 1.79. The van der Waals surface area contributed by atoms with Crippen LogP contribution in [0.4, 0.5) is 0 Å². The molecule has 3 heterocycles.